The summed E-state index contributed by atoms with van der Waals surface area (Å²) >= 11 is 0. The topological polar surface area (TPSA) is 38.3 Å². The van der Waals surface area contributed by atoms with Gasteiger partial charge in [-0.25, -0.2) is 4.39 Å². The van der Waals surface area contributed by atoms with Crippen molar-refractivity contribution in [3.63, 3.8) is 0 Å². The Morgan fingerprint density at radius 3 is 2.61 bits per heavy atom. The Balaban J connectivity index is 1.93. The number of benzene rings is 2. The Bertz CT molecular complexity index is 710. The molecule has 0 bridgehead atoms. The summed E-state index contributed by atoms with van der Waals surface area (Å²) in [7, 11) is 1.62. The average Bonchev–Trinajstić information content (AvgIpc) is 2.57. The highest BCUT2D eigenvalue weighted by Gasteiger charge is 2.07. The van der Waals surface area contributed by atoms with Crippen LogP contribution in [0.3, 0.4) is 0 Å². The van der Waals surface area contributed by atoms with E-state index < -0.39 is 0 Å². The number of ether oxygens (including phenoxy) is 1. The standard InChI is InChI=1S/C19H20FNO2/c1-14(13-16-8-3-5-9-17(16)20)19(22)21-12-11-15-7-4-6-10-18(15)23-2/h3-10,13H,11-12H2,1-2H3,(H,21,22)/b14-13+. The molecule has 2 aromatic rings. The van der Waals surface area contributed by atoms with Crippen LogP contribution in [0, 0.1) is 5.82 Å². The summed E-state index contributed by atoms with van der Waals surface area (Å²) in [5.74, 6) is 0.261. The van der Waals surface area contributed by atoms with E-state index in [1.165, 1.54) is 6.07 Å². The molecule has 4 heteroatoms. The molecule has 0 aliphatic rings. The second kappa shape index (κ2) is 8.13. The lowest BCUT2D eigenvalue weighted by Gasteiger charge is -2.09. The molecule has 2 rings (SSSR count). The first-order chi connectivity index (χ1) is 11.1. The summed E-state index contributed by atoms with van der Waals surface area (Å²) < 4.78 is 18.9. The number of amides is 1. The predicted octanol–water partition coefficient (Wildman–Crippen LogP) is 3.60. The molecule has 0 saturated heterocycles. The third-order valence-electron chi connectivity index (χ3n) is 3.51. The first-order valence-electron chi connectivity index (χ1n) is 7.44. The molecule has 0 fully saturated rings. The molecule has 0 spiro atoms. The van der Waals surface area contributed by atoms with E-state index in [0.717, 1.165) is 11.3 Å². The van der Waals surface area contributed by atoms with Gasteiger partial charge in [0.15, 0.2) is 0 Å². The van der Waals surface area contributed by atoms with Crippen LogP contribution >= 0.6 is 0 Å². The zero-order chi connectivity index (χ0) is 16.7. The van der Waals surface area contributed by atoms with Crippen molar-refractivity contribution in [3.05, 3.63) is 71.0 Å². The van der Waals surface area contributed by atoms with E-state index in [9.17, 15) is 9.18 Å². The van der Waals surface area contributed by atoms with Crippen molar-refractivity contribution in [2.45, 2.75) is 13.3 Å². The van der Waals surface area contributed by atoms with Gasteiger partial charge in [0, 0.05) is 17.7 Å². The SMILES string of the molecule is COc1ccccc1CCNC(=O)/C(C)=C/c1ccccc1F. The minimum Gasteiger partial charge on any atom is -0.496 e. The molecule has 120 valence electrons. The molecule has 0 radical (unpaired) electrons. The number of para-hydroxylation sites is 1. The van der Waals surface area contributed by atoms with Gasteiger partial charge in [-0.15, -0.1) is 0 Å². The maximum Gasteiger partial charge on any atom is 0.246 e. The van der Waals surface area contributed by atoms with Crippen LogP contribution in [-0.2, 0) is 11.2 Å². The predicted molar refractivity (Wildman–Crippen MR) is 89.8 cm³/mol. The fourth-order valence-corrected chi connectivity index (χ4v) is 2.25. The summed E-state index contributed by atoms with van der Waals surface area (Å²) in [6.07, 6.45) is 2.22. The number of carbonyl (C=O) groups excluding carboxylic acids is 1. The zero-order valence-electron chi connectivity index (χ0n) is 13.3. The van der Waals surface area contributed by atoms with Gasteiger partial charge < -0.3 is 10.1 Å². The van der Waals surface area contributed by atoms with Crippen molar-refractivity contribution in [2.75, 3.05) is 13.7 Å². The molecule has 23 heavy (non-hydrogen) atoms. The fourth-order valence-electron chi connectivity index (χ4n) is 2.25. The quantitative estimate of drug-likeness (QED) is 0.828. The van der Waals surface area contributed by atoms with Gasteiger partial charge in [-0.05, 0) is 37.1 Å². The van der Waals surface area contributed by atoms with Crippen molar-refractivity contribution in [1.29, 1.82) is 0 Å². The average molecular weight is 313 g/mol. The van der Waals surface area contributed by atoms with E-state index in [2.05, 4.69) is 5.32 Å². The number of methoxy groups -OCH3 is 1. The van der Waals surface area contributed by atoms with Crippen molar-refractivity contribution in [3.8, 4) is 5.75 Å². The highest BCUT2D eigenvalue weighted by Crippen LogP contribution is 2.17. The van der Waals surface area contributed by atoms with Gasteiger partial charge in [0.25, 0.3) is 0 Å². The van der Waals surface area contributed by atoms with Crippen LogP contribution < -0.4 is 10.1 Å². The molecule has 0 unspecified atom stereocenters. The Morgan fingerprint density at radius 2 is 1.87 bits per heavy atom. The van der Waals surface area contributed by atoms with Crippen LogP contribution in [0.15, 0.2) is 54.1 Å². The Kier molecular flexibility index (Phi) is 5.92. The Labute approximate surface area is 135 Å². The molecule has 0 aliphatic heterocycles. The highest BCUT2D eigenvalue weighted by atomic mass is 19.1. The normalized spacial score (nSPS) is 11.2. The van der Waals surface area contributed by atoms with Crippen LogP contribution in [0.5, 0.6) is 5.75 Å². The Hall–Kier alpha value is -2.62. The lowest BCUT2D eigenvalue weighted by Crippen LogP contribution is -2.26. The van der Waals surface area contributed by atoms with Gasteiger partial charge in [0.1, 0.15) is 11.6 Å². The molecule has 1 N–H and O–H groups in total. The van der Waals surface area contributed by atoms with Crippen molar-refractivity contribution in [1.82, 2.24) is 5.32 Å². The fraction of sp³-hybridized carbons (Fsp3) is 0.211. The van der Waals surface area contributed by atoms with Crippen LogP contribution in [-0.4, -0.2) is 19.6 Å². The monoisotopic (exact) mass is 313 g/mol. The zero-order valence-corrected chi connectivity index (χ0v) is 13.3. The van der Waals surface area contributed by atoms with Crippen molar-refractivity contribution < 1.29 is 13.9 Å². The third-order valence-corrected chi connectivity index (χ3v) is 3.51. The summed E-state index contributed by atoms with van der Waals surface area (Å²) in [6, 6.07) is 14.1. The number of hydrogen-bond acceptors (Lipinski definition) is 2. The van der Waals surface area contributed by atoms with Crippen LogP contribution in [0.1, 0.15) is 18.1 Å². The first kappa shape index (κ1) is 16.7. The molecular weight excluding hydrogens is 293 g/mol. The van der Waals surface area contributed by atoms with Gasteiger partial charge in [0.2, 0.25) is 5.91 Å². The van der Waals surface area contributed by atoms with Crippen molar-refractivity contribution >= 4 is 12.0 Å². The minimum absolute atomic E-state index is 0.205. The lowest BCUT2D eigenvalue weighted by atomic mass is 10.1. The second-order valence-electron chi connectivity index (χ2n) is 5.17. The molecule has 1 amide bonds. The maximum atomic E-state index is 13.6. The molecule has 3 nitrogen and oxygen atoms in total. The van der Waals surface area contributed by atoms with Gasteiger partial charge in [0.05, 0.1) is 7.11 Å². The summed E-state index contributed by atoms with van der Waals surface area (Å²) in [5.41, 5.74) is 1.91. The largest absolute Gasteiger partial charge is 0.496 e. The number of hydrogen-bond donors (Lipinski definition) is 1. The molecule has 0 saturated carbocycles. The molecule has 0 heterocycles. The van der Waals surface area contributed by atoms with E-state index in [-0.39, 0.29) is 11.7 Å². The minimum atomic E-state index is -0.339. The van der Waals surface area contributed by atoms with Crippen LogP contribution in [0.2, 0.25) is 0 Å². The summed E-state index contributed by atoms with van der Waals surface area (Å²) in [4.78, 5) is 12.1. The van der Waals surface area contributed by atoms with Crippen LogP contribution in [0.25, 0.3) is 6.08 Å². The molecular formula is C19H20FNO2. The van der Waals surface area contributed by atoms with E-state index in [1.807, 2.05) is 24.3 Å². The number of rotatable bonds is 6. The molecule has 2 aromatic carbocycles. The van der Waals surface area contributed by atoms with Crippen molar-refractivity contribution in [2.24, 2.45) is 0 Å². The summed E-state index contributed by atoms with van der Waals surface area (Å²) in [6.45, 7) is 2.16. The van der Waals surface area contributed by atoms with Gasteiger partial charge in [-0.2, -0.15) is 0 Å². The maximum absolute atomic E-state index is 13.6. The van der Waals surface area contributed by atoms with Gasteiger partial charge >= 0.3 is 0 Å². The third kappa shape index (κ3) is 4.68. The lowest BCUT2D eigenvalue weighted by molar-refractivity contribution is -0.117. The first-order valence-corrected chi connectivity index (χ1v) is 7.44. The van der Waals surface area contributed by atoms with E-state index in [4.69, 9.17) is 4.74 Å². The van der Waals surface area contributed by atoms with Gasteiger partial charge in [-0.3, -0.25) is 4.79 Å². The number of halogens is 1. The van der Waals surface area contributed by atoms with Gasteiger partial charge in [-0.1, -0.05) is 36.4 Å². The summed E-state index contributed by atoms with van der Waals surface area (Å²) in [5, 5.41) is 2.84. The highest BCUT2D eigenvalue weighted by molar-refractivity contribution is 5.97. The number of carbonyl (C=O) groups is 1. The van der Waals surface area contributed by atoms with E-state index >= 15 is 0 Å². The molecule has 0 atom stereocenters. The van der Waals surface area contributed by atoms with Crippen LogP contribution in [0.4, 0.5) is 4.39 Å². The van der Waals surface area contributed by atoms with E-state index in [1.54, 1.807) is 38.3 Å². The Morgan fingerprint density at radius 1 is 1.17 bits per heavy atom. The number of nitrogens with one attached hydrogen (secondary N) is 1. The second-order valence-corrected chi connectivity index (χ2v) is 5.17. The molecule has 0 aromatic heterocycles. The smallest absolute Gasteiger partial charge is 0.246 e. The van der Waals surface area contributed by atoms with E-state index in [0.29, 0.717) is 24.1 Å². The molecule has 0 aliphatic carbocycles.